The number of hydrogen-bond acceptors (Lipinski definition) is 4. The molecule has 0 aliphatic heterocycles. The van der Waals surface area contributed by atoms with E-state index in [2.05, 4.69) is 14.9 Å². The number of para-hydroxylation sites is 2. The van der Waals surface area contributed by atoms with Crippen molar-refractivity contribution in [2.24, 2.45) is 0 Å². The maximum Gasteiger partial charge on any atom is 0.264 e. The molecule has 0 fully saturated rings. The van der Waals surface area contributed by atoms with Crippen molar-refractivity contribution < 1.29 is 9.59 Å². The fraction of sp³-hybridized carbons (Fsp3) is 0.278. The van der Waals surface area contributed by atoms with Gasteiger partial charge in [0, 0.05) is 20.1 Å². The van der Waals surface area contributed by atoms with E-state index in [1.54, 1.807) is 13.1 Å². The van der Waals surface area contributed by atoms with Crippen molar-refractivity contribution in [1.29, 1.82) is 0 Å². The molecule has 2 amide bonds. The Balaban J connectivity index is 1.41. The molecule has 130 valence electrons. The fourth-order valence-corrected chi connectivity index (χ4v) is 3.31. The predicted molar refractivity (Wildman–Crippen MR) is 98.6 cm³/mol. The average Bonchev–Trinajstić information content (AvgIpc) is 3.28. The molecule has 0 bridgehead atoms. The molecule has 2 heterocycles. The molecule has 2 aromatic heterocycles. The topological polar surface area (TPSA) is 67.2 Å². The molecule has 0 unspecified atom stereocenters. The number of likely N-dealkylation sites (N-methyl/N-ethyl adjacent to an activating group) is 1. The molecular weight excluding hydrogens is 336 g/mol. The molecule has 3 aromatic rings. The summed E-state index contributed by atoms with van der Waals surface area (Å²) in [7, 11) is 1.64. The molecule has 25 heavy (non-hydrogen) atoms. The van der Waals surface area contributed by atoms with Gasteiger partial charge in [-0.05, 0) is 30.0 Å². The first-order valence-corrected chi connectivity index (χ1v) is 8.98. The van der Waals surface area contributed by atoms with Gasteiger partial charge in [0.25, 0.3) is 5.91 Å². The Hall–Kier alpha value is -2.67. The molecule has 0 atom stereocenters. The fourth-order valence-electron chi connectivity index (χ4n) is 2.60. The van der Waals surface area contributed by atoms with Gasteiger partial charge in [0.05, 0.1) is 28.8 Å². The number of fused-ring (bicyclic) bond motifs is 1. The average molecular weight is 356 g/mol. The van der Waals surface area contributed by atoms with Crippen molar-refractivity contribution >= 4 is 34.2 Å². The van der Waals surface area contributed by atoms with Gasteiger partial charge in [-0.2, -0.15) is 0 Å². The molecule has 0 radical (unpaired) electrons. The number of nitrogens with one attached hydrogen (secondary N) is 1. The van der Waals surface area contributed by atoms with Crippen LogP contribution in [0.4, 0.5) is 0 Å². The molecule has 3 rings (SSSR count). The van der Waals surface area contributed by atoms with Gasteiger partial charge >= 0.3 is 0 Å². The summed E-state index contributed by atoms with van der Waals surface area (Å²) in [6.45, 7) is 1.40. The second-order valence-electron chi connectivity index (χ2n) is 5.77. The standard InChI is InChI=1S/C18H20N4O2S/c1-21(18(24)16-8-4-11-25-16)12-17(23)19-9-5-10-22-13-20-14-6-2-3-7-15(14)22/h2-4,6-8,11,13H,5,9-10,12H2,1H3,(H,19,23). The van der Waals surface area contributed by atoms with Crippen LogP contribution in [0, 0.1) is 0 Å². The number of imidazole rings is 1. The molecule has 1 N–H and O–H groups in total. The number of benzene rings is 1. The number of thiophene rings is 1. The van der Waals surface area contributed by atoms with Crippen molar-refractivity contribution in [2.75, 3.05) is 20.1 Å². The number of aromatic nitrogens is 2. The van der Waals surface area contributed by atoms with Gasteiger partial charge < -0.3 is 14.8 Å². The lowest BCUT2D eigenvalue weighted by atomic mass is 10.3. The number of carbonyl (C=O) groups is 2. The highest BCUT2D eigenvalue weighted by molar-refractivity contribution is 7.12. The second-order valence-corrected chi connectivity index (χ2v) is 6.72. The summed E-state index contributed by atoms with van der Waals surface area (Å²) in [5.74, 6) is -0.280. The van der Waals surface area contributed by atoms with Gasteiger partial charge in [0.2, 0.25) is 5.91 Å². The van der Waals surface area contributed by atoms with Crippen LogP contribution in [-0.2, 0) is 11.3 Å². The molecule has 7 heteroatoms. The van der Waals surface area contributed by atoms with Gasteiger partial charge in [0.15, 0.2) is 0 Å². The van der Waals surface area contributed by atoms with Crippen LogP contribution in [0.15, 0.2) is 48.1 Å². The van der Waals surface area contributed by atoms with E-state index < -0.39 is 0 Å². The minimum absolute atomic E-state index is 0.0603. The Morgan fingerprint density at radius 1 is 1.24 bits per heavy atom. The molecular formula is C18H20N4O2S. The molecule has 0 aliphatic carbocycles. The van der Waals surface area contributed by atoms with Gasteiger partial charge in [-0.15, -0.1) is 11.3 Å². The largest absolute Gasteiger partial charge is 0.354 e. The van der Waals surface area contributed by atoms with E-state index in [0.29, 0.717) is 11.4 Å². The maximum absolute atomic E-state index is 12.1. The van der Waals surface area contributed by atoms with Crippen LogP contribution < -0.4 is 5.32 Å². The SMILES string of the molecule is CN(CC(=O)NCCCn1cnc2ccccc21)C(=O)c1cccs1. The molecule has 6 nitrogen and oxygen atoms in total. The van der Waals surface area contributed by atoms with E-state index in [9.17, 15) is 9.59 Å². The number of nitrogens with zero attached hydrogens (tertiary/aromatic N) is 3. The summed E-state index contributed by atoms with van der Waals surface area (Å²) in [5.41, 5.74) is 2.07. The summed E-state index contributed by atoms with van der Waals surface area (Å²) < 4.78 is 2.08. The first-order valence-electron chi connectivity index (χ1n) is 8.10. The van der Waals surface area contributed by atoms with Gasteiger partial charge in [-0.3, -0.25) is 9.59 Å². The van der Waals surface area contributed by atoms with Gasteiger partial charge in [-0.25, -0.2) is 4.98 Å². The molecule has 0 aliphatic rings. The zero-order valence-corrected chi connectivity index (χ0v) is 14.8. The van der Waals surface area contributed by atoms with Crippen LogP contribution >= 0.6 is 11.3 Å². The molecule has 1 aromatic carbocycles. The van der Waals surface area contributed by atoms with Crippen LogP contribution in [0.25, 0.3) is 11.0 Å². The van der Waals surface area contributed by atoms with E-state index in [1.165, 1.54) is 16.2 Å². The van der Waals surface area contributed by atoms with Crippen LogP contribution in [0.1, 0.15) is 16.1 Å². The van der Waals surface area contributed by atoms with E-state index in [0.717, 1.165) is 24.0 Å². The summed E-state index contributed by atoms with van der Waals surface area (Å²) >= 11 is 1.38. The Labute approximate surface area is 150 Å². The Bertz CT molecular complexity index is 857. The molecule has 0 saturated heterocycles. The number of hydrogen-bond donors (Lipinski definition) is 1. The Kier molecular flexibility index (Phi) is 5.45. The van der Waals surface area contributed by atoms with Crippen molar-refractivity contribution in [1.82, 2.24) is 19.8 Å². The third kappa shape index (κ3) is 4.24. The van der Waals surface area contributed by atoms with Crippen molar-refractivity contribution in [3.8, 4) is 0 Å². The minimum Gasteiger partial charge on any atom is -0.354 e. The zero-order chi connectivity index (χ0) is 17.6. The minimum atomic E-state index is -0.150. The summed E-state index contributed by atoms with van der Waals surface area (Å²) in [4.78, 5) is 30.5. The van der Waals surface area contributed by atoms with Crippen LogP contribution in [0.3, 0.4) is 0 Å². The lowest BCUT2D eigenvalue weighted by molar-refractivity contribution is -0.121. The lowest BCUT2D eigenvalue weighted by Gasteiger charge is -2.16. The smallest absolute Gasteiger partial charge is 0.264 e. The monoisotopic (exact) mass is 356 g/mol. The summed E-state index contributed by atoms with van der Waals surface area (Å²) in [6.07, 6.45) is 2.62. The van der Waals surface area contributed by atoms with Crippen LogP contribution in [-0.4, -0.2) is 46.4 Å². The predicted octanol–water partition coefficient (Wildman–Crippen LogP) is 2.38. The van der Waals surface area contributed by atoms with Crippen LogP contribution in [0.2, 0.25) is 0 Å². The van der Waals surface area contributed by atoms with E-state index >= 15 is 0 Å². The van der Waals surface area contributed by atoms with E-state index in [-0.39, 0.29) is 18.4 Å². The highest BCUT2D eigenvalue weighted by Gasteiger charge is 2.15. The number of carbonyl (C=O) groups excluding carboxylic acids is 2. The van der Waals surface area contributed by atoms with Crippen molar-refractivity contribution in [3.63, 3.8) is 0 Å². The summed E-state index contributed by atoms with van der Waals surface area (Å²) in [5, 5.41) is 4.71. The number of amides is 2. The highest BCUT2D eigenvalue weighted by atomic mass is 32.1. The normalized spacial score (nSPS) is 10.8. The highest BCUT2D eigenvalue weighted by Crippen LogP contribution is 2.12. The first-order chi connectivity index (χ1) is 12.1. The second kappa shape index (κ2) is 7.94. The number of rotatable bonds is 7. The molecule has 0 spiro atoms. The quantitative estimate of drug-likeness (QED) is 0.661. The zero-order valence-electron chi connectivity index (χ0n) is 14.0. The lowest BCUT2D eigenvalue weighted by Crippen LogP contribution is -2.38. The van der Waals surface area contributed by atoms with E-state index in [4.69, 9.17) is 0 Å². The van der Waals surface area contributed by atoms with Crippen molar-refractivity contribution in [2.45, 2.75) is 13.0 Å². The van der Waals surface area contributed by atoms with Gasteiger partial charge in [-0.1, -0.05) is 18.2 Å². The Morgan fingerprint density at radius 2 is 2.08 bits per heavy atom. The maximum atomic E-state index is 12.1. The third-order valence-corrected chi connectivity index (χ3v) is 4.74. The third-order valence-electron chi connectivity index (χ3n) is 3.88. The number of aryl methyl sites for hydroxylation is 1. The van der Waals surface area contributed by atoms with Gasteiger partial charge in [0.1, 0.15) is 0 Å². The summed E-state index contributed by atoms with van der Waals surface area (Å²) in [6, 6.07) is 11.6. The first kappa shape index (κ1) is 17.2. The Morgan fingerprint density at radius 3 is 2.88 bits per heavy atom. The van der Waals surface area contributed by atoms with Crippen LogP contribution in [0.5, 0.6) is 0 Å². The van der Waals surface area contributed by atoms with E-state index in [1.807, 2.05) is 42.0 Å². The molecule has 0 saturated carbocycles. The van der Waals surface area contributed by atoms with Crippen molar-refractivity contribution in [3.05, 3.63) is 53.0 Å².